The van der Waals surface area contributed by atoms with Crippen LogP contribution in [0.25, 0.3) is 6.08 Å². The molecule has 0 radical (unpaired) electrons. The number of hydrogen-bond donors (Lipinski definition) is 2. The van der Waals surface area contributed by atoms with E-state index in [9.17, 15) is 27.2 Å². The summed E-state index contributed by atoms with van der Waals surface area (Å²) >= 11 is 0. The van der Waals surface area contributed by atoms with Crippen LogP contribution in [0.2, 0.25) is 0 Å². The number of benzene rings is 2. The summed E-state index contributed by atoms with van der Waals surface area (Å²) in [6.07, 6.45) is 4.87. The topological polar surface area (TPSA) is 85.9 Å². The fourth-order valence-corrected chi connectivity index (χ4v) is 2.98. The molecule has 1 fully saturated rings. The van der Waals surface area contributed by atoms with Gasteiger partial charge in [-0.05, 0) is 55.2 Å². The van der Waals surface area contributed by atoms with Crippen molar-refractivity contribution in [3.8, 4) is 17.2 Å². The van der Waals surface area contributed by atoms with Gasteiger partial charge in [-0.25, -0.2) is 0 Å². The summed E-state index contributed by atoms with van der Waals surface area (Å²) in [5.41, 5.74) is 1.01. The van der Waals surface area contributed by atoms with Crippen LogP contribution in [0.4, 0.5) is 17.6 Å². The van der Waals surface area contributed by atoms with Gasteiger partial charge in [-0.15, -0.1) is 0 Å². The van der Waals surface area contributed by atoms with Crippen molar-refractivity contribution in [2.45, 2.75) is 38.5 Å². The molecule has 3 rings (SSSR count). The molecule has 0 bridgehead atoms. The summed E-state index contributed by atoms with van der Waals surface area (Å²) in [5.74, 6) is -0.844. The normalized spacial score (nSPS) is 13.2. The van der Waals surface area contributed by atoms with Crippen molar-refractivity contribution < 1.29 is 41.4 Å². The van der Waals surface area contributed by atoms with Gasteiger partial charge < -0.3 is 24.8 Å². The van der Waals surface area contributed by atoms with Crippen molar-refractivity contribution >= 4 is 17.9 Å². The van der Waals surface area contributed by atoms with Crippen molar-refractivity contribution in [1.29, 1.82) is 0 Å². The Kier molecular flexibility index (Phi) is 9.33. The highest BCUT2D eigenvalue weighted by atomic mass is 19.3. The molecule has 0 aromatic heterocycles. The zero-order valence-corrected chi connectivity index (χ0v) is 18.5. The molecule has 188 valence electrons. The number of amides is 2. The van der Waals surface area contributed by atoms with Gasteiger partial charge in [-0.3, -0.25) is 9.59 Å². The van der Waals surface area contributed by atoms with Crippen molar-refractivity contribution in [3.05, 3.63) is 59.7 Å². The van der Waals surface area contributed by atoms with Gasteiger partial charge in [0.1, 0.15) is 17.2 Å². The van der Waals surface area contributed by atoms with Crippen LogP contribution in [0.15, 0.2) is 48.5 Å². The van der Waals surface area contributed by atoms with Crippen LogP contribution in [0, 0.1) is 0 Å². The van der Waals surface area contributed by atoms with E-state index in [4.69, 9.17) is 4.74 Å². The molecule has 0 heterocycles. The maximum Gasteiger partial charge on any atom is 0.387 e. The molecule has 0 saturated heterocycles. The van der Waals surface area contributed by atoms with E-state index >= 15 is 0 Å². The van der Waals surface area contributed by atoms with Gasteiger partial charge in [-0.1, -0.05) is 12.1 Å². The van der Waals surface area contributed by atoms with Gasteiger partial charge in [0.2, 0.25) is 5.91 Å². The molecule has 35 heavy (non-hydrogen) atoms. The molecule has 0 aliphatic heterocycles. The molecule has 0 atom stereocenters. The first-order valence-electron chi connectivity index (χ1n) is 10.8. The Bertz CT molecular complexity index is 1030. The average molecular weight is 496 g/mol. The molecular formula is C24H24F4N2O5. The first kappa shape index (κ1) is 25.9. The fourth-order valence-electron chi connectivity index (χ4n) is 2.98. The van der Waals surface area contributed by atoms with Gasteiger partial charge in [-0.2, -0.15) is 17.6 Å². The third-order valence-corrected chi connectivity index (χ3v) is 4.79. The number of halogens is 4. The quantitative estimate of drug-likeness (QED) is 0.324. The van der Waals surface area contributed by atoms with Crippen LogP contribution in [-0.2, 0) is 16.0 Å². The number of hydrogen-bond acceptors (Lipinski definition) is 5. The van der Waals surface area contributed by atoms with Gasteiger partial charge in [0.05, 0.1) is 0 Å². The second-order valence-corrected chi connectivity index (χ2v) is 7.61. The highest BCUT2D eigenvalue weighted by Gasteiger charge is 2.23. The largest absolute Gasteiger partial charge is 0.484 e. The molecule has 1 saturated carbocycles. The Hall–Kier alpha value is -3.76. The monoisotopic (exact) mass is 496 g/mol. The van der Waals surface area contributed by atoms with Crippen molar-refractivity contribution in [3.63, 3.8) is 0 Å². The van der Waals surface area contributed by atoms with E-state index in [0.29, 0.717) is 18.7 Å². The van der Waals surface area contributed by atoms with E-state index in [1.807, 2.05) is 12.1 Å². The Labute approximate surface area is 199 Å². The average Bonchev–Trinajstić information content (AvgIpc) is 3.61. The zero-order valence-electron chi connectivity index (χ0n) is 18.5. The second-order valence-electron chi connectivity index (χ2n) is 7.61. The molecular weight excluding hydrogens is 472 g/mol. The molecule has 2 aromatic rings. The smallest absolute Gasteiger partial charge is 0.387 e. The minimum atomic E-state index is -3.19. The summed E-state index contributed by atoms with van der Waals surface area (Å²) in [6.45, 7) is -6.06. The first-order valence-corrected chi connectivity index (χ1v) is 10.8. The third-order valence-electron chi connectivity index (χ3n) is 4.79. The van der Waals surface area contributed by atoms with Gasteiger partial charge in [0, 0.05) is 30.3 Å². The van der Waals surface area contributed by atoms with E-state index in [2.05, 4.69) is 20.1 Å². The van der Waals surface area contributed by atoms with Crippen molar-refractivity contribution in [2.75, 3.05) is 13.2 Å². The SMILES string of the molecule is O=C(C=Cc1ccc(OC(F)F)cc1OC(F)F)NCCc1ccc(OCC(=O)NC2CC2)cc1. The molecule has 0 spiro atoms. The molecule has 11 heteroatoms. The lowest BCUT2D eigenvalue weighted by atomic mass is 10.1. The van der Waals surface area contributed by atoms with Gasteiger partial charge in [0.15, 0.2) is 6.61 Å². The third kappa shape index (κ3) is 9.55. The fraction of sp³-hybridized carbons (Fsp3) is 0.333. The summed E-state index contributed by atoms with van der Waals surface area (Å²) < 4.78 is 63.9. The van der Waals surface area contributed by atoms with Crippen LogP contribution in [0.1, 0.15) is 24.0 Å². The maximum absolute atomic E-state index is 12.6. The van der Waals surface area contributed by atoms with Crippen LogP contribution in [-0.4, -0.2) is 44.2 Å². The molecule has 2 N–H and O–H groups in total. The van der Waals surface area contributed by atoms with Crippen LogP contribution >= 0.6 is 0 Å². The lowest BCUT2D eigenvalue weighted by molar-refractivity contribution is -0.123. The summed E-state index contributed by atoms with van der Waals surface area (Å²) in [7, 11) is 0. The predicted molar refractivity (Wildman–Crippen MR) is 119 cm³/mol. The van der Waals surface area contributed by atoms with E-state index < -0.39 is 24.9 Å². The summed E-state index contributed by atoms with van der Waals surface area (Å²) in [5, 5.41) is 5.49. The molecule has 1 aliphatic carbocycles. The van der Waals surface area contributed by atoms with Gasteiger partial charge >= 0.3 is 13.2 Å². The molecule has 0 unspecified atom stereocenters. The molecule has 1 aliphatic rings. The minimum absolute atomic E-state index is 0.0513. The lowest BCUT2D eigenvalue weighted by Gasteiger charge is -2.11. The highest BCUT2D eigenvalue weighted by molar-refractivity contribution is 5.92. The van der Waals surface area contributed by atoms with Crippen LogP contribution in [0.3, 0.4) is 0 Å². The first-order chi connectivity index (χ1) is 16.8. The standard InChI is InChI=1S/C24H24F4N2O5/c25-23(26)34-19-9-3-16(20(13-19)35-24(27)28)4-10-21(31)29-12-11-15-1-7-18(8-2-15)33-14-22(32)30-17-5-6-17/h1-4,7-10,13,17,23-24H,5-6,11-12,14H2,(H,29,31)(H,30,32). The summed E-state index contributed by atoms with van der Waals surface area (Å²) in [4.78, 5) is 23.7. The van der Waals surface area contributed by atoms with Crippen molar-refractivity contribution in [1.82, 2.24) is 10.6 Å². The van der Waals surface area contributed by atoms with Crippen LogP contribution in [0.5, 0.6) is 17.2 Å². The molecule has 2 aromatic carbocycles. The van der Waals surface area contributed by atoms with E-state index in [0.717, 1.165) is 36.6 Å². The maximum atomic E-state index is 12.6. The minimum Gasteiger partial charge on any atom is -0.484 e. The zero-order chi connectivity index (χ0) is 25.2. The van der Waals surface area contributed by atoms with Crippen LogP contribution < -0.4 is 24.8 Å². The number of carbonyl (C=O) groups is 2. The van der Waals surface area contributed by atoms with Crippen molar-refractivity contribution in [2.24, 2.45) is 0 Å². The predicted octanol–water partition coefficient (Wildman–Crippen LogP) is 3.92. The second kappa shape index (κ2) is 12.6. The van der Waals surface area contributed by atoms with E-state index in [-0.39, 0.29) is 29.9 Å². The molecule has 7 nitrogen and oxygen atoms in total. The Morgan fingerprint density at radius 1 is 0.971 bits per heavy atom. The Morgan fingerprint density at radius 2 is 1.66 bits per heavy atom. The Balaban J connectivity index is 1.44. The number of nitrogens with one attached hydrogen (secondary N) is 2. The highest BCUT2D eigenvalue weighted by Crippen LogP contribution is 2.28. The summed E-state index contributed by atoms with van der Waals surface area (Å²) in [6, 6.07) is 10.6. The number of alkyl halides is 4. The number of carbonyl (C=O) groups excluding carboxylic acids is 2. The van der Waals surface area contributed by atoms with E-state index in [1.54, 1.807) is 12.1 Å². The number of ether oxygens (including phenoxy) is 3. The number of rotatable bonds is 13. The van der Waals surface area contributed by atoms with Gasteiger partial charge in [0.25, 0.3) is 5.91 Å². The van der Waals surface area contributed by atoms with E-state index in [1.165, 1.54) is 12.1 Å². The Morgan fingerprint density at radius 3 is 2.31 bits per heavy atom. The lowest BCUT2D eigenvalue weighted by Crippen LogP contribution is -2.30. The molecule has 2 amide bonds.